The highest BCUT2D eigenvalue weighted by Crippen LogP contribution is 2.40. The second-order valence-corrected chi connectivity index (χ2v) is 4.89. The van der Waals surface area contributed by atoms with Crippen molar-refractivity contribution in [3.8, 4) is 11.1 Å². The van der Waals surface area contributed by atoms with Gasteiger partial charge in [-0.25, -0.2) is 0 Å². The molecule has 0 unspecified atom stereocenters. The highest BCUT2D eigenvalue weighted by atomic mass is 19.4. The first-order valence-electron chi connectivity index (χ1n) is 6.23. The highest BCUT2D eigenvalue weighted by molar-refractivity contribution is 5.64. The normalized spacial score (nSPS) is 15.5. The molecule has 0 bridgehead atoms. The molecule has 2 aromatic carbocycles. The Morgan fingerprint density at radius 3 is 2.37 bits per heavy atom. The SMILES string of the molecule is FC(F)(F)c1cccc(-c2c[c]c(C3CC3)cc2)c1. The Morgan fingerprint density at radius 1 is 1.00 bits per heavy atom. The molecule has 3 heteroatoms. The topological polar surface area (TPSA) is 0 Å². The molecule has 0 spiro atoms. The van der Waals surface area contributed by atoms with Gasteiger partial charge in [0.15, 0.2) is 0 Å². The monoisotopic (exact) mass is 261 g/mol. The third-order valence-electron chi connectivity index (χ3n) is 3.38. The van der Waals surface area contributed by atoms with E-state index in [1.54, 1.807) is 12.1 Å². The van der Waals surface area contributed by atoms with Gasteiger partial charge >= 0.3 is 6.18 Å². The van der Waals surface area contributed by atoms with Gasteiger partial charge in [0.05, 0.1) is 5.56 Å². The van der Waals surface area contributed by atoms with Crippen molar-refractivity contribution in [2.24, 2.45) is 0 Å². The minimum absolute atomic E-state index is 0.577. The van der Waals surface area contributed by atoms with Gasteiger partial charge in [-0.15, -0.1) is 0 Å². The summed E-state index contributed by atoms with van der Waals surface area (Å²) in [6, 6.07) is 14.2. The van der Waals surface area contributed by atoms with Crippen LogP contribution in [0.15, 0.2) is 42.5 Å². The second kappa shape index (κ2) is 4.41. The molecule has 1 aliphatic carbocycles. The fraction of sp³-hybridized carbons (Fsp3) is 0.250. The largest absolute Gasteiger partial charge is 0.416 e. The van der Waals surface area contributed by atoms with Crippen LogP contribution in [0.25, 0.3) is 11.1 Å². The molecule has 0 amide bonds. The van der Waals surface area contributed by atoms with Crippen molar-refractivity contribution in [3.05, 3.63) is 59.7 Å². The summed E-state index contributed by atoms with van der Waals surface area (Å²) in [6.07, 6.45) is -1.91. The first-order chi connectivity index (χ1) is 9.04. The highest BCUT2D eigenvalue weighted by Gasteiger charge is 2.30. The lowest BCUT2D eigenvalue weighted by Crippen LogP contribution is -2.04. The van der Waals surface area contributed by atoms with Gasteiger partial charge in [-0.3, -0.25) is 0 Å². The van der Waals surface area contributed by atoms with E-state index in [2.05, 4.69) is 6.07 Å². The Hall–Kier alpha value is -1.77. The molecule has 0 saturated heterocycles. The molecule has 0 nitrogen and oxygen atoms in total. The zero-order chi connectivity index (χ0) is 13.5. The maximum atomic E-state index is 12.7. The fourth-order valence-corrected chi connectivity index (χ4v) is 2.14. The number of hydrogen-bond donors (Lipinski definition) is 0. The second-order valence-electron chi connectivity index (χ2n) is 4.89. The van der Waals surface area contributed by atoms with E-state index in [0.29, 0.717) is 11.5 Å². The summed E-state index contributed by atoms with van der Waals surface area (Å²) in [6.45, 7) is 0. The summed E-state index contributed by atoms with van der Waals surface area (Å²) in [5, 5.41) is 0. The van der Waals surface area contributed by atoms with Crippen LogP contribution in [-0.2, 0) is 6.18 Å². The molecule has 3 rings (SSSR count). The van der Waals surface area contributed by atoms with Crippen molar-refractivity contribution in [1.82, 2.24) is 0 Å². The summed E-state index contributed by atoms with van der Waals surface area (Å²) >= 11 is 0. The smallest absolute Gasteiger partial charge is 0.166 e. The van der Waals surface area contributed by atoms with E-state index in [0.717, 1.165) is 17.2 Å². The van der Waals surface area contributed by atoms with Crippen molar-refractivity contribution in [1.29, 1.82) is 0 Å². The third kappa shape index (κ3) is 2.65. The lowest BCUT2D eigenvalue weighted by molar-refractivity contribution is -0.137. The number of alkyl halides is 3. The van der Waals surface area contributed by atoms with Gasteiger partial charge in [0.25, 0.3) is 0 Å². The molecule has 1 radical (unpaired) electrons. The summed E-state index contributed by atoms with van der Waals surface area (Å²) in [5.41, 5.74) is 1.90. The van der Waals surface area contributed by atoms with E-state index in [-0.39, 0.29) is 0 Å². The molecule has 0 aromatic heterocycles. The van der Waals surface area contributed by atoms with Gasteiger partial charge in [0.1, 0.15) is 0 Å². The van der Waals surface area contributed by atoms with Crippen LogP contribution in [-0.4, -0.2) is 0 Å². The predicted molar refractivity (Wildman–Crippen MR) is 67.7 cm³/mol. The first-order valence-corrected chi connectivity index (χ1v) is 6.23. The van der Waals surface area contributed by atoms with E-state index in [1.807, 2.05) is 12.1 Å². The summed E-state index contributed by atoms with van der Waals surface area (Å²) < 4.78 is 38.0. The molecule has 1 saturated carbocycles. The lowest BCUT2D eigenvalue weighted by Gasteiger charge is -2.09. The molecule has 0 N–H and O–H groups in total. The fourth-order valence-electron chi connectivity index (χ4n) is 2.14. The van der Waals surface area contributed by atoms with E-state index in [1.165, 1.54) is 25.0 Å². The number of rotatable bonds is 2. The number of halogens is 3. The first kappa shape index (κ1) is 12.3. The van der Waals surface area contributed by atoms with Gasteiger partial charge in [0.2, 0.25) is 0 Å². The molecule has 1 fully saturated rings. The van der Waals surface area contributed by atoms with Crippen LogP contribution in [0, 0.1) is 6.07 Å². The maximum absolute atomic E-state index is 12.7. The maximum Gasteiger partial charge on any atom is 0.416 e. The third-order valence-corrected chi connectivity index (χ3v) is 3.38. The zero-order valence-electron chi connectivity index (χ0n) is 10.2. The van der Waals surface area contributed by atoms with Crippen molar-refractivity contribution in [3.63, 3.8) is 0 Å². The quantitative estimate of drug-likeness (QED) is 0.709. The van der Waals surface area contributed by atoms with Crippen molar-refractivity contribution < 1.29 is 13.2 Å². The van der Waals surface area contributed by atoms with E-state index in [4.69, 9.17) is 0 Å². The molecular weight excluding hydrogens is 249 g/mol. The van der Waals surface area contributed by atoms with Gasteiger partial charge in [-0.05, 0) is 59.7 Å². The Labute approximate surface area is 109 Å². The molecule has 0 atom stereocenters. The van der Waals surface area contributed by atoms with Crippen LogP contribution in [0.1, 0.15) is 29.9 Å². The zero-order valence-corrected chi connectivity index (χ0v) is 10.2. The van der Waals surface area contributed by atoms with Gasteiger partial charge < -0.3 is 0 Å². The molecule has 97 valence electrons. The van der Waals surface area contributed by atoms with Crippen molar-refractivity contribution in [2.45, 2.75) is 24.9 Å². The minimum atomic E-state index is -4.30. The Kier molecular flexibility index (Phi) is 2.85. The minimum Gasteiger partial charge on any atom is -0.166 e. The van der Waals surface area contributed by atoms with Crippen LogP contribution in [0.2, 0.25) is 0 Å². The molecule has 0 aliphatic heterocycles. The van der Waals surface area contributed by atoms with Gasteiger partial charge in [0, 0.05) is 0 Å². The van der Waals surface area contributed by atoms with Crippen LogP contribution in [0.4, 0.5) is 13.2 Å². The van der Waals surface area contributed by atoms with Crippen molar-refractivity contribution >= 4 is 0 Å². The molecular formula is C16H12F3. The van der Waals surface area contributed by atoms with Crippen molar-refractivity contribution in [2.75, 3.05) is 0 Å². The van der Waals surface area contributed by atoms with Crippen LogP contribution in [0.5, 0.6) is 0 Å². The molecule has 2 aromatic rings. The van der Waals surface area contributed by atoms with E-state index < -0.39 is 11.7 Å². The van der Waals surface area contributed by atoms with E-state index >= 15 is 0 Å². The summed E-state index contributed by atoms with van der Waals surface area (Å²) in [4.78, 5) is 0. The Balaban J connectivity index is 1.92. The number of benzene rings is 2. The van der Waals surface area contributed by atoms with Crippen LogP contribution >= 0.6 is 0 Å². The summed E-state index contributed by atoms with van der Waals surface area (Å²) in [5.74, 6) is 0.607. The van der Waals surface area contributed by atoms with Crippen LogP contribution in [0.3, 0.4) is 0 Å². The molecule has 1 aliphatic rings. The molecule has 0 heterocycles. The summed E-state index contributed by atoms with van der Waals surface area (Å²) in [7, 11) is 0. The lowest BCUT2D eigenvalue weighted by atomic mass is 10.0. The Morgan fingerprint density at radius 2 is 1.79 bits per heavy atom. The average molecular weight is 261 g/mol. The predicted octanol–water partition coefficient (Wildman–Crippen LogP) is 5.05. The Bertz CT molecular complexity index is 578. The van der Waals surface area contributed by atoms with Gasteiger partial charge in [-0.1, -0.05) is 24.3 Å². The number of hydrogen-bond acceptors (Lipinski definition) is 0. The average Bonchev–Trinajstić information content (AvgIpc) is 3.22. The van der Waals surface area contributed by atoms with E-state index in [9.17, 15) is 13.2 Å². The standard InChI is InChI=1S/C16H12F3/c17-16(18,19)15-3-1-2-14(10-15)13-8-6-12(7-9-13)11-4-5-11/h1-3,6,8-11H,4-5H2. The molecule has 19 heavy (non-hydrogen) atoms. The van der Waals surface area contributed by atoms with Crippen LogP contribution < -0.4 is 0 Å². The van der Waals surface area contributed by atoms with Gasteiger partial charge in [-0.2, -0.15) is 13.2 Å².